The van der Waals surface area contributed by atoms with Gasteiger partial charge in [-0.15, -0.1) is 0 Å². The first-order valence-electron chi connectivity index (χ1n) is 12.0. The average molecular weight is 468 g/mol. The van der Waals surface area contributed by atoms with E-state index in [1.807, 2.05) is 25.1 Å². The van der Waals surface area contributed by atoms with Gasteiger partial charge < -0.3 is 27.6 Å². The molecule has 1 aromatic rings. The van der Waals surface area contributed by atoms with Crippen molar-refractivity contribution >= 4 is 11.7 Å². The van der Waals surface area contributed by atoms with Crippen LogP contribution in [0.1, 0.15) is 68.4 Å². The highest BCUT2D eigenvalue weighted by molar-refractivity contribution is 5.98. The summed E-state index contributed by atoms with van der Waals surface area (Å²) in [5, 5.41) is 10.3. The van der Waals surface area contributed by atoms with Crippen LogP contribution in [0.4, 0.5) is 0 Å². The summed E-state index contributed by atoms with van der Waals surface area (Å²) in [4.78, 5) is 12.5. The molecule has 9 N–H and O–H groups in total. The zero-order valence-corrected chi connectivity index (χ0v) is 21.1. The second-order valence-electron chi connectivity index (χ2n) is 8.68. The fraction of sp³-hybridized carbons (Fsp3) is 0.462. The van der Waals surface area contributed by atoms with E-state index >= 15 is 0 Å². The van der Waals surface area contributed by atoms with Gasteiger partial charge in [0.1, 0.15) is 0 Å². The number of nitrogens with one attached hydrogen (secondary N) is 3. The maximum absolute atomic E-state index is 12.5. The third kappa shape index (κ3) is 5.51. The molecule has 0 aromatic heterocycles. The maximum atomic E-state index is 12.5. The number of hydrogen-bond donors (Lipinski definition) is 6. The highest BCUT2D eigenvalue weighted by atomic mass is 16.1. The van der Waals surface area contributed by atoms with Gasteiger partial charge in [-0.25, -0.2) is 5.84 Å². The number of carbonyl (C=O) groups excluding carboxylic acids is 1. The molecule has 1 amide bonds. The number of hydrazone groups is 1. The molecular weight excluding hydrogens is 426 g/mol. The molecule has 0 bridgehead atoms. The van der Waals surface area contributed by atoms with Gasteiger partial charge >= 0.3 is 0 Å². The van der Waals surface area contributed by atoms with Gasteiger partial charge in [-0.1, -0.05) is 31.2 Å². The van der Waals surface area contributed by atoms with E-state index in [0.717, 1.165) is 59.4 Å². The van der Waals surface area contributed by atoms with Crippen LogP contribution in [0.5, 0.6) is 0 Å². The Morgan fingerprint density at radius 3 is 2.59 bits per heavy atom. The van der Waals surface area contributed by atoms with E-state index in [9.17, 15) is 4.79 Å². The van der Waals surface area contributed by atoms with Gasteiger partial charge in [0.25, 0.3) is 5.91 Å². The maximum Gasteiger partial charge on any atom is 0.251 e. The Morgan fingerprint density at radius 1 is 1.26 bits per heavy atom. The van der Waals surface area contributed by atoms with Crippen LogP contribution in [-0.2, 0) is 11.8 Å². The van der Waals surface area contributed by atoms with Crippen molar-refractivity contribution in [2.75, 3.05) is 19.6 Å². The highest BCUT2D eigenvalue weighted by Crippen LogP contribution is 2.44. The molecule has 8 heteroatoms. The van der Waals surface area contributed by atoms with Crippen LogP contribution < -0.4 is 33.5 Å². The molecule has 1 unspecified atom stereocenters. The Balaban J connectivity index is 2.75. The van der Waals surface area contributed by atoms with Crippen molar-refractivity contribution < 1.29 is 4.79 Å². The van der Waals surface area contributed by atoms with Gasteiger partial charge in [0.05, 0.1) is 5.41 Å². The molecule has 0 heterocycles. The lowest BCUT2D eigenvalue weighted by Gasteiger charge is -2.37. The molecule has 0 saturated heterocycles. The SMILES string of the molecule is C=C(NCCC)/C(C)=C/C1=C(C)C(CCN)(/C(=N/N)NN)c2ccc(C(=O)NCC)cc2CC1. The quantitative estimate of drug-likeness (QED) is 0.103. The largest absolute Gasteiger partial charge is 0.385 e. The predicted octanol–water partition coefficient (Wildman–Crippen LogP) is 2.48. The molecule has 0 saturated carbocycles. The molecule has 34 heavy (non-hydrogen) atoms. The average Bonchev–Trinajstić information content (AvgIpc) is 2.94. The molecule has 1 atom stereocenters. The molecule has 0 spiro atoms. The first-order chi connectivity index (χ1) is 16.3. The minimum atomic E-state index is -0.742. The predicted molar refractivity (Wildman–Crippen MR) is 141 cm³/mol. The lowest BCUT2D eigenvalue weighted by atomic mass is 9.69. The topological polar surface area (TPSA) is 144 Å². The van der Waals surface area contributed by atoms with Gasteiger partial charge in [-0.05, 0) is 87.4 Å². The lowest BCUT2D eigenvalue weighted by Crippen LogP contribution is -2.50. The van der Waals surface area contributed by atoms with Crippen LogP contribution in [0.2, 0.25) is 0 Å². The molecular formula is C26H41N7O. The molecule has 0 radical (unpaired) electrons. The number of amidine groups is 1. The van der Waals surface area contributed by atoms with E-state index in [1.54, 1.807) is 0 Å². The lowest BCUT2D eigenvalue weighted by molar-refractivity contribution is 0.0955. The van der Waals surface area contributed by atoms with Crippen LogP contribution in [-0.4, -0.2) is 31.4 Å². The van der Waals surface area contributed by atoms with Crippen molar-refractivity contribution in [2.45, 2.75) is 58.8 Å². The number of nitrogens with zero attached hydrogens (tertiary/aromatic N) is 1. The Kier molecular flexibility index (Phi) is 9.89. The second kappa shape index (κ2) is 12.4. The zero-order chi connectivity index (χ0) is 25.3. The minimum absolute atomic E-state index is 0.0948. The second-order valence-corrected chi connectivity index (χ2v) is 8.68. The first kappa shape index (κ1) is 27.1. The van der Waals surface area contributed by atoms with Gasteiger partial charge in [-0.2, -0.15) is 5.10 Å². The molecule has 1 aromatic carbocycles. The monoisotopic (exact) mass is 467 g/mol. The Labute approximate surface area is 203 Å². The van der Waals surface area contributed by atoms with Crippen LogP contribution >= 0.6 is 0 Å². The number of amides is 1. The number of allylic oxidation sites excluding steroid dienone is 3. The van der Waals surface area contributed by atoms with E-state index in [2.05, 4.69) is 54.6 Å². The van der Waals surface area contributed by atoms with Gasteiger partial charge in [0.15, 0.2) is 5.84 Å². The molecule has 0 aliphatic heterocycles. The fourth-order valence-electron chi connectivity index (χ4n) is 4.73. The van der Waals surface area contributed by atoms with E-state index in [-0.39, 0.29) is 5.91 Å². The Bertz CT molecular complexity index is 993. The van der Waals surface area contributed by atoms with E-state index in [0.29, 0.717) is 30.9 Å². The van der Waals surface area contributed by atoms with Crippen molar-refractivity contribution in [2.24, 2.45) is 22.5 Å². The highest BCUT2D eigenvalue weighted by Gasteiger charge is 2.43. The van der Waals surface area contributed by atoms with Crippen molar-refractivity contribution in [1.82, 2.24) is 16.1 Å². The zero-order valence-electron chi connectivity index (χ0n) is 21.1. The standard InChI is InChI=1S/C26H41N7O/c1-6-14-31-19(5)17(3)15-20-8-9-21-16-22(24(34)30-7-2)10-11-23(21)26(12-13-27,18(20)4)25(32-28)33-29/h10-11,15-16,31H,5-9,12-14,27-29H2,1-4H3,(H,30,34)(H,32,33)/b17-15+. The van der Waals surface area contributed by atoms with E-state index in [4.69, 9.17) is 17.4 Å². The van der Waals surface area contributed by atoms with Crippen molar-refractivity contribution in [3.63, 3.8) is 0 Å². The van der Waals surface area contributed by atoms with E-state index < -0.39 is 5.41 Å². The molecule has 2 rings (SSSR count). The number of aryl methyl sites for hydroxylation is 1. The summed E-state index contributed by atoms with van der Waals surface area (Å²) in [5.74, 6) is 12.1. The third-order valence-corrected chi connectivity index (χ3v) is 6.59. The van der Waals surface area contributed by atoms with Gasteiger partial charge in [0.2, 0.25) is 0 Å². The molecule has 0 fully saturated rings. The van der Waals surface area contributed by atoms with Gasteiger partial charge in [-0.3, -0.25) is 4.79 Å². The molecule has 8 nitrogen and oxygen atoms in total. The van der Waals surface area contributed by atoms with Crippen LogP contribution in [0.15, 0.2) is 58.4 Å². The summed E-state index contributed by atoms with van der Waals surface area (Å²) in [6.45, 7) is 14.2. The Morgan fingerprint density at radius 2 is 2.00 bits per heavy atom. The number of fused-ring (bicyclic) bond motifs is 1. The summed E-state index contributed by atoms with van der Waals surface area (Å²) in [5.41, 5.74) is 15.0. The first-order valence-corrected chi connectivity index (χ1v) is 12.0. The minimum Gasteiger partial charge on any atom is -0.385 e. The number of carbonyl (C=O) groups is 1. The summed E-state index contributed by atoms with van der Waals surface area (Å²) < 4.78 is 0. The Hall–Kier alpha value is -3.10. The van der Waals surface area contributed by atoms with Crippen molar-refractivity contribution in [3.05, 3.63) is 70.0 Å². The number of hydrazine groups is 1. The third-order valence-electron chi connectivity index (χ3n) is 6.59. The number of rotatable bonds is 10. The summed E-state index contributed by atoms with van der Waals surface area (Å²) >= 11 is 0. The van der Waals surface area contributed by atoms with Crippen LogP contribution in [0.25, 0.3) is 0 Å². The van der Waals surface area contributed by atoms with Gasteiger partial charge in [0, 0.05) is 24.4 Å². The fourth-order valence-corrected chi connectivity index (χ4v) is 4.73. The van der Waals surface area contributed by atoms with E-state index in [1.165, 1.54) is 0 Å². The summed E-state index contributed by atoms with van der Waals surface area (Å²) in [7, 11) is 0. The van der Waals surface area contributed by atoms with Crippen molar-refractivity contribution in [3.8, 4) is 0 Å². The van der Waals surface area contributed by atoms with Crippen molar-refractivity contribution in [1.29, 1.82) is 0 Å². The summed E-state index contributed by atoms with van der Waals surface area (Å²) in [6, 6.07) is 5.79. The van der Waals surface area contributed by atoms with Crippen LogP contribution in [0, 0.1) is 0 Å². The molecule has 186 valence electrons. The number of hydrogen-bond acceptors (Lipinski definition) is 6. The molecule has 1 aliphatic carbocycles. The normalized spacial score (nSPS) is 18.8. The molecule has 1 aliphatic rings. The number of benzene rings is 1. The number of nitrogens with two attached hydrogens (primary N) is 3. The van der Waals surface area contributed by atoms with Crippen LogP contribution in [0.3, 0.4) is 0 Å². The smallest absolute Gasteiger partial charge is 0.251 e. The summed E-state index contributed by atoms with van der Waals surface area (Å²) in [6.07, 6.45) is 5.29.